The van der Waals surface area contributed by atoms with Crippen molar-refractivity contribution in [2.24, 2.45) is 10.2 Å². The lowest BCUT2D eigenvalue weighted by Gasteiger charge is -1.98. The van der Waals surface area contributed by atoms with Gasteiger partial charge in [-0.15, -0.1) is 0 Å². The molecule has 0 radical (unpaired) electrons. The molecule has 0 aliphatic rings. The standard InChI is InChI=1S/C16H14N2O4/c19-15(20)9-11-1-5-13(6-2-11)17-18-14-7-3-12(4-8-14)10-16(21)22/h1-8H,9-10H2,(H,19,20)(H,21,22). The number of benzene rings is 2. The average molecular weight is 298 g/mol. The van der Waals surface area contributed by atoms with Crippen molar-refractivity contribution in [2.75, 3.05) is 0 Å². The fourth-order valence-electron chi connectivity index (χ4n) is 1.83. The van der Waals surface area contributed by atoms with Gasteiger partial charge in [-0.1, -0.05) is 24.3 Å². The Morgan fingerprint density at radius 3 is 1.27 bits per heavy atom. The number of rotatable bonds is 6. The lowest BCUT2D eigenvalue weighted by atomic mass is 10.1. The lowest BCUT2D eigenvalue weighted by Crippen LogP contribution is -1.99. The molecule has 0 saturated carbocycles. The van der Waals surface area contributed by atoms with Crippen molar-refractivity contribution in [3.8, 4) is 0 Å². The van der Waals surface area contributed by atoms with Crippen molar-refractivity contribution in [2.45, 2.75) is 12.8 Å². The molecular formula is C16H14N2O4. The highest BCUT2D eigenvalue weighted by Crippen LogP contribution is 2.19. The van der Waals surface area contributed by atoms with Crippen LogP contribution in [-0.2, 0) is 22.4 Å². The second-order valence-electron chi connectivity index (χ2n) is 4.67. The van der Waals surface area contributed by atoms with Crippen LogP contribution in [0.2, 0.25) is 0 Å². The molecule has 2 aromatic rings. The molecule has 6 heteroatoms. The van der Waals surface area contributed by atoms with E-state index in [1.807, 2.05) is 0 Å². The van der Waals surface area contributed by atoms with Crippen LogP contribution in [0.1, 0.15) is 11.1 Å². The number of carbonyl (C=O) groups is 2. The van der Waals surface area contributed by atoms with Crippen LogP contribution in [0.3, 0.4) is 0 Å². The summed E-state index contributed by atoms with van der Waals surface area (Å²) in [7, 11) is 0. The predicted molar refractivity (Wildman–Crippen MR) is 79.7 cm³/mol. The van der Waals surface area contributed by atoms with Gasteiger partial charge in [0.05, 0.1) is 24.2 Å². The van der Waals surface area contributed by atoms with Crippen molar-refractivity contribution in [3.63, 3.8) is 0 Å². The third kappa shape index (κ3) is 4.82. The zero-order valence-electron chi connectivity index (χ0n) is 11.6. The van der Waals surface area contributed by atoms with Gasteiger partial charge in [-0.3, -0.25) is 9.59 Å². The quantitative estimate of drug-likeness (QED) is 0.799. The van der Waals surface area contributed by atoms with Crippen molar-refractivity contribution >= 4 is 23.3 Å². The van der Waals surface area contributed by atoms with Gasteiger partial charge < -0.3 is 10.2 Å². The van der Waals surface area contributed by atoms with Crippen LogP contribution in [0.15, 0.2) is 58.8 Å². The summed E-state index contributed by atoms with van der Waals surface area (Å²) in [6, 6.07) is 13.6. The second-order valence-corrected chi connectivity index (χ2v) is 4.67. The Morgan fingerprint density at radius 1 is 0.682 bits per heavy atom. The van der Waals surface area contributed by atoms with Crippen LogP contribution in [0, 0.1) is 0 Å². The van der Waals surface area contributed by atoms with Gasteiger partial charge in [0.2, 0.25) is 0 Å². The molecule has 0 fully saturated rings. The maximum Gasteiger partial charge on any atom is 0.307 e. The lowest BCUT2D eigenvalue weighted by molar-refractivity contribution is -0.137. The van der Waals surface area contributed by atoms with Crippen LogP contribution in [0.4, 0.5) is 11.4 Å². The van der Waals surface area contributed by atoms with Gasteiger partial charge in [0.1, 0.15) is 0 Å². The van der Waals surface area contributed by atoms with Crippen LogP contribution in [-0.4, -0.2) is 22.2 Å². The SMILES string of the molecule is O=C(O)Cc1ccc(N=Nc2ccc(CC(=O)O)cc2)cc1. The highest BCUT2D eigenvalue weighted by atomic mass is 16.4. The zero-order chi connectivity index (χ0) is 15.9. The number of hydrogen-bond donors (Lipinski definition) is 2. The molecule has 2 rings (SSSR count). The molecule has 112 valence electrons. The van der Waals surface area contributed by atoms with Gasteiger partial charge in [0, 0.05) is 0 Å². The van der Waals surface area contributed by atoms with Gasteiger partial charge >= 0.3 is 11.9 Å². The van der Waals surface area contributed by atoms with E-state index < -0.39 is 11.9 Å². The summed E-state index contributed by atoms with van der Waals surface area (Å²) in [4.78, 5) is 21.2. The summed E-state index contributed by atoms with van der Waals surface area (Å²) in [6.45, 7) is 0. The predicted octanol–water partition coefficient (Wildman–Crippen LogP) is 3.36. The van der Waals surface area contributed by atoms with Gasteiger partial charge in [-0.2, -0.15) is 10.2 Å². The average Bonchev–Trinajstić information content (AvgIpc) is 2.47. The molecule has 0 amide bonds. The van der Waals surface area contributed by atoms with Crippen LogP contribution < -0.4 is 0 Å². The number of nitrogens with zero attached hydrogens (tertiary/aromatic N) is 2. The zero-order valence-corrected chi connectivity index (χ0v) is 11.6. The largest absolute Gasteiger partial charge is 0.481 e. The molecule has 0 aliphatic carbocycles. The van der Waals surface area contributed by atoms with E-state index >= 15 is 0 Å². The summed E-state index contributed by atoms with van der Waals surface area (Å²) in [5.74, 6) is -1.76. The van der Waals surface area contributed by atoms with Crippen molar-refractivity contribution < 1.29 is 19.8 Å². The number of aliphatic carboxylic acids is 2. The first kappa shape index (κ1) is 15.4. The van der Waals surface area contributed by atoms with E-state index in [2.05, 4.69) is 10.2 Å². The van der Waals surface area contributed by atoms with E-state index in [9.17, 15) is 9.59 Å². The van der Waals surface area contributed by atoms with Crippen LogP contribution in [0.5, 0.6) is 0 Å². The molecule has 0 saturated heterocycles. The van der Waals surface area contributed by atoms with Gasteiger partial charge in [-0.05, 0) is 35.4 Å². The molecule has 0 heterocycles. The Kier molecular flexibility index (Phi) is 4.98. The summed E-state index contributed by atoms with van der Waals surface area (Å²) in [6.07, 6.45) is -0.0507. The van der Waals surface area contributed by atoms with Crippen LogP contribution >= 0.6 is 0 Å². The van der Waals surface area contributed by atoms with E-state index in [1.54, 1.807) is 48.5 Å². The van der Waals surface area contributed by atoms with E-state index in [0.717, 1.165) is 0 Å². The summed E-state index contributed by atoms with van der Waals surface area (Å²) in [5.41, 5.74) is 2.63. The molecular weight excluding hydrogens is 284 g/mol. The third-order valence-electron chi connectivity index (χ3n) is 2.86. The molecule has 0 aromatic heterocycles. The third-order valence-corrected chi connectivity index (χ3v) is 2.86. The number of carboxylic acids is 2. The van der Waals surface area contributed by atoms with E-state index in [1.165, 1.54) is 0 Å². The highest BCUT2D eigenvalue weighted by molar-refractivity contribution is 5.70. The fraction of sp³-hybridized carbons (Fsp3) is 0.125. The van der Waals surface area contributed by atoms with Crippen molar-refractivity contribution in [1.82, 2.24) is 0 Å². The first-order valence-electron chi connectivity index (χ1n) is 6.56. The Balaban J connectivity index is 2.01. The number of hydrogen-bond acceptors (Lipinski definition) is 4. The second kappa shape index (κ2) is 7.12. The first-order chi connectivity index (χ1) is 10.5. The van der Waals surface area contributed by atoms with Crippen LogP contribution in [0.25, 0.3) is 0 Å². The van der Waals surface area contributed by atoms with E-state index in [-0.39, 0.29) is 12.8 Å². The van der Waals surface area contributed by atoms with Crippen molar-refractivity contribution in [1.29, 1.82) is 0 Å². The van der Waals surface area contributed by atoms with Crippen molar-refractivity contribution in [3.05, 3.63) is 59.7 Å². The molecule has 2 N–H and O–H groups in total. The van der Waals surface area contributed by atoms with Gasteiger partial charge in [0.25, 0.3) is 0 Å². The number of carboxylic acid groups (broad SMARTS) is 2. The molecule has 2 aromatic carbocycles. The minimum Gasteiger partial charge on any atom is -0.481 e. The van der Waals surface area contributed by atoms with Gasteiger partial charge in [0.15, 0.2) is 0 Å². The van der Waals surface area contributed by atoms with E-state index in [0.29, 0.717) is 22.5 Å². The Labute approximate surface area is 126 Å². The molecule has 0 spiro atoms. The number of azo groups is 1. The summed E-state index contributed by atoms with van der Waals surface area (Å²) in [5, 5.41) is 25.5. The Bertz CT molecular complexity index is 630. The maximum absolute atomic E-state index is 10.6. The molecule has 0 bridgehead atoms. The molecule has 0 aliphatic heterocycles. The van der Waals surface area contributed by atoms with Gasteiger partial charge in [-0.25, -0.2) is 0 Å². The first-order valence-corrected chi connectivity index (χ1v) is 6.56. The fourth-order valence-corrected chi connectivity index (χ4v) is 1.83. The normalized spacial score (nSPS) is 10.7. The maximum atomic E-state index is 10.6. The molecule has 0 atom stereocenters. The highest BCUT2D eigenvalue weighted by Gasteiger charge is 2.01. The smallest absolute Gasteiger partial charge is 0.307 e. The topological polar surface area (TPSA) is 99.3 Å². The monoisotopic (exact) mass is 298 g/mol. The minimum atomic E-state index is -0.879. The minimum absolute atomic E-state index is 0.0253. The summed E-state index contributed by atoms with van der Waals surface area (Å²) >= 11 is 0. The Morgan fingerprint density at radius 2 is 1.00 bits per heavy atom. The van der Waals surface area contributed by atoms with E-state index in [4.69, 9.17) is 10.2 Å². The molecule has 6 nitrogen and oxygen atoms in total. The summed E-state index contributed by atoms with van der Waals surface area (Å²) < 4.78 is 0. The molecule has 22 heavy (non-hydrogen) atoms. The molecule has 0 unspecified atom stereocenters. The Hall–Kier alpha value is -3.02.